The first-order valence-electron chi connectivity index (χ1n) is 8.33. The molecule has 0 aliphatic carbocycles. The summed E-state index contributed by atoms with van der Waals surface area (Å²) < 4.78 is 15.3. The first-order valence-corrected chi connectivity index (χ1v) is 8.33. The van der Waals surface area contributed by atoms with E-state index < -0.39 is 0 Å². The lowest BCUT2D eigenvalue weighted by Crippen LogP contribution is -2.32. The maximum atomic E-state index is 13.4. The lowest BCUT2D eigenvalue weighted by Gasteiger charge is -2.14. The Morgan fingerprint density at radius 3 is 2.38 bits per heavy atom. The van der Waals surface area contributed by atoms with Gasteiger partial charge >= 0.3 is 0 Å². The second kappa shape index (κ2) is 6.55. The maximum Gasteiger partial charge on any atom is 0.261 e. The Kier molecular flexibility index (Phi) is 4.08. The molecular formula is C20H16FN3O2. The second-order valence-corrected chi connectivity index (χ2v) is 6.16. The molecule has 3 aromatic rings. The normalized spacial score (nSPS) is 13.3. The highest BCUT2D eigenvalue weighted by molar-refractivity contribution is 6.21. The van der Waals surface area contributed by atoms with Crippen LogP contribution in [-0.4, -0.2) is 32.8 Å². The summed E-state index contributed by atoms with van der Waals surface area (Å²) in [5.74, 6) is -0.0799. The molecule has 0 fully saturated rings. The van der Waals surface area contributed by atoms with E-state index >= 15 is 0 Å². The molecule has 2 heterocycles. The fourth-order valence-corrected chi connectivity index (χ4v) is 3.20. The van der Waals surface area contributed by atoms with Crippen LogP contribution in [0.15, 0.2) is 60.9 Å². The van der Waals surface area contributed by atoms with E-state index in [4.69, 9.17) is 0 Å². The number of carbonyl (C=O) groups excluding carboxylic acids is 2. The van der Waals surface area contributed by atoms with Gasteiger partial charge in [-0.1, -0.05) is 24.3 Å². The summed E-state index contributed by atoms with van der Waals surface area (Å²) in [6.07, 6.45) is 3.91. The molecule has 1 aromatic heterocycles. The lowest BCUT2D eigenvalue weighted by atomic mass is 10.1. The van der Waals surface area contributed by atoms with Gasteiger partial charge in [-0.2, -0.15) is 0 Å². The fraction of sp³-hybridized carbons (Fsp3) is 0.150. The zero-order valence-electron chi connectivity index (χ0n) is 13.9. The third-order valence-electron chi connectivity index (χ3n) is 4.48. The Morgan fingerprint density at radius 2 is 1.69 bits per heavy atom. The molecule has 2 amide bonds. The number of halogens is 1. The van der Waals surface area contributed by atoms with Crippen LogP contribution >= 0.6 is 0 Å². The molecule has 0 bridgehead atoms. The van der Waals surface area contributed by atoms with Gasteiger partial charge in [0.2, 0.25) is 0 Å². The minimum Gasteiger partial charge on any atom is -0.330 e. The molecule has 0 atom stereocenters. The van der Waals surface area contributed by atoms with Gasteiger partial charge in [0.15, 0.2) is 0 Å². The van der Waals surface area contributed by atoms with Gasteiger partial charge in [0, 0.05) is 31.9 Å². The number of benzene rings is 2. The van der Waals surface area contributed by atoms with E-state index in [9.17, 15) is 14.0 Å². The summed E-state index contributed by atoms with van der Waals surface area (Å²) >= 11 is 0. The highest BCUT2D eigenvalue weighted by Gasteiger charge is 2.34. The lowest BCUT2D eigenvalue weighted by molar-refractivity contribution is 0.0655. The van der Waals surface area contributed by atoms with Crippen molar-refractivity contribution >= 4 is 11.8 Å². The Hall–Kier alpha value is -3.28. The number of aromatic nitrogens is 2. The summed E-state index contributed by atoms with van der Waals surface area (Å²) in [7, 11) is 0. The van der Waals surface area contributed by atoms with Gasteiger partial charge in [-0.25, -0.2) is 9.37 Å². The number of hydrogen-bond acceptors (Lipinski definition) is 3. The van der Waals surface area contributed by atoms with Crippen LogP contribution in [0.1, 0.15) is 32.1 Å². The van der Waals surface area contributed by atoms with Crippen LogP contribution in [-0.2, 0) is 13.0 Å². The monoisotopic (exact) mass is 349 g/mol. The first-order chi connectivity index (χ1) is 12.6. The Labute approximate surface area is 149 Å². The zero-order chi connectivity index (χ0) is 18.1. The fourth-order valence-electron chi connectivity index (χ4n) is 3.20. The predicted molar refractivity (Wildman–Crippen MR) is 93.2 cm³/mol. The van der Waals surface area contributed by atoms with E-state index in [1.807, 2.05) is 16.8 Å². The van der Waals surface area contributed by atoms with Crippen LogP contribution in [0.4, 0.5) is 4.39 Å². The van der Waals surface area contributed by atoms with Crippen molar-refractivity contribution < 1.29 is 14.0 Å². The SMILES string of the molecule is O=C1c2ccccc2C(=O)N1CCc1nccn1Cc1cccc(F)c1. The van der Waals surface area contributed by atoms with Gasteiger partial charge < -0.3 is 4.57 Å². The van der Waals surface area contributed by atoms with Gasteiger partial charge in [-0.15, -0.1) is 0 Å². The van der Waals surface area contributed by atoms with Gasteiger partial charge in [0.25, 0.3) is 11.8 Å². The van der Waals surface area contributed by atoms with E-state index in [-0.39, 0.29) is 24.2 Å². The molecule has 0 saturated carbocycles. The number of imidazole rings is 1. The molecular weight excluding hydrogens is 333 g/mol. The average molecular weight is 349 g/mol. The smallest absolute Gasteiger partial charge is 0.261 e. The van der Waals surface area contributed by atoms with Gasteiger partial charge in [-0.3, -0.25) is 14.5 Å². The summed E-state index contributed by atoms with van der Waals surface area (Å²) in [5, 5.41) is 0. The standard InChI is InChI=1S/C20H16FN3O2/c21-15-5-3-4-14(12-15)13-23-11-9-22-18(23)8-10-24-19(25)16-6-1-2-7-17(16)20(24)26/h1-7,9,11-12H,8,10,13H2. The molecule has 4 rings (SSSR count). The van der Waals surface area contributed by atoms with Crippen LogP contribution in [0.2, 0.25) is 0 Å². The third kappa shape index (κ3) is 2.90. The van der Waals surface area contributed by atoms with Gasteiger partial charge in [-0.05, 0) is 29.8 Å². The van der Waals surface area contributed by atoms with Crippen LogP contribution in [0, 0.1) is 5.82 Å². The Morgan fingerprint density at radius 1 is 0.962 bits per heavy atom. The summed E-state index contributed by atoms with van der Waals surface area (Å²) in [6.45, 7) is 0.738. The van der Waals surface area contributed by atoms with E-state index in [1.165, 1.54) is 17.0 Å². The molecule has 5 nitrogen and oxygen atoms in total. The molecule has 130 valence electrons. The zero-order valence-corrected chi connectivity index (χ0v) is 13.9. The molecule has 0 radical (unpaired) electrons. The molecule has 0 N–H and O–H groups in total. The Bertz CT molecular complexity index is 961. The maximum absolute atomic E-state index is 13.4. The molecule has 0 spiro atoms. The second-order valence-electron chi connectivity index (χ2n) is 6.16. The van der Waals surface area contributed by atoms with Gasteiger partial charge in [0.05, 0.1) is 11.1 Å². The van der Waals surface area contributed by atoms with E-state index in [2.05, 4.69) is 4.98 Å². The first kappa shape index (κ1) is 16.2. The highest BCUT2D eigenvalue weighted by Crippen LogP contribution is 2.22. The van der Waals surface area contributed by atoms with Crippen molar-refractivity contribution in [2.75, 3.05) is 6.54 Å². The summed E-state index contributed by atoms with van der Waals surface area (Å²) in [4.78, 5) is 30.4. The molecule has 0 unspecified atom stereocenters. The van der Waals surface area contributed by atoms with Crippen molar-refractivity contribution in [3.05, 3.63) is 89.3 Å². The minimum atomic E-state index is -0.282. The summed E-state index contributed by atoms with van der Waals surface area (Å²) in [6, 6.07) is 13.2. The molecule has 0 saturated heterocycles. The molecule has 1 aliphatic rings. The number of hydrogen-bond donors (Lipinski definition) is 0. The van der Waals surface area contributed by atoms with E-state index in [0.29, 0.717) is 24.1 Å². The molecule has 26 heavy (non-hydrogen) atoms. The quantitative estimate of drug-likeness (QED) is 0.666. The summed E-state index contributed by atoms with van der Waals surface area (Å²) in [5.41, 5.74) is 1.71. The van der Waals surface area contributed by atoms with Crippen LogP contribution in [0.3, 0.4) is 0 Å². The molecule has 1 aliphatic heterocycles. The topological polar surface area (TPSA) is 55.2 Å². The highest BCUT2D eigenvalue weighted by atomic mass is 19.1. The van der Waals surface area contributed by atoms with Crippen LogP contribution in [0.5, 0.6) is 0 Å². The average Bonchev–Trinajstić information content (AvgIpc) is 3.17. The largest absolute Gasteiger partial charge is 0.330 e. The number of rotatable bonds is 5. The van der Waals surface area contributed by atoms with Crippen LogP contribution < -0.4 is 0 Å². The van der Waals surface area contributed by atoms with E-state index in [0.717, 1.165) is 11.4 Å². The van der Waals surface area contributed by atoms with Crippen LogP contribution in [0.25, 0.3) is 0 Å². The number of amides is 2. The number of imide groups is 1. The number of carbonyl (C=O) groups is 2. The Balaban J connectivity index is 1.48. The van der Waals surface area contributed by atoms with Crippen molar-refractivity contribution in [3.63, 3.8) is 0 Å². The van der Waals surface area contributed by atoms with Crippen molar-refractivity contribution in [1.82, 2.24) is 14.5 Å². The molecule has 2 aromatic carbocycles. The van der Waals surface area contributed by atoms with Crippen molar-refractivity contribution in [2.24, 2.45) is 0 Å². The third-order valence-corrected chi connectivity index (χ3v) is 4.48. The van der Waals surface area contributed by atoms with Crippen molar-refractivity contribution in [2.45, 2.75) is 13.0 Å². The molecule has 6 heteroatoms. The minimum absolute atomic E-state index is 0.256. The van der Waals surface area contributed by atoms with Crippen molar-refractivity contribution in [3.8, 4) is 0 Å². The van der Waals surface area contributed by atoms with E-state index in [1.54, 1.807) is 36.5 Å². The number of fused-ring (bicyclic) bond motifs is 1. The number of nitrogens with zero attached hydrogens (tertiary/aromatic N) is 3. The van der Waals surface area contributed by atoms with Crippen molar-refractivity contribution in [1.29, 1.82) is 0 Å². The predicted octanol–water partition coefficient (Wildman–Crippen LogP) is 2.91. The van der Waals surface area contributed by atoms with Gasteiger partial charge in [0.1, 0.15) is 11.6 Å².